The summed E-state index contributed by atoms with van der Waals surface area (Å²) in [4.78, 5) is 0. The van der Waals surface area contributed by atoms with Gasteiger partial charge in [-0.25, -0.2) is 4.68 Å². The Kier molecular flexibility index (Phi) is 3.34. The molecule has 0 amide bonds. The van der Waals surface area contributed by atoms with Crippen molar-refractivity contribution in [3.63, 3.8) is 0 Å². The second-order valence-corrected chi connectivity index (χ2v) is 5.64. The van der Waals surface area contributed by atoms with Crippen LogP contribution in [0.3, 0.4) is 0 Å². The molecule has 0 radical (unpaired) electrons. The number of rotatable bonds is 2. The van der Waals surface area contributed by atoms with Gasteiger partial charge in [-0.2, -0.15) is 5.10 Å². The van der Waals surface area contributed by atoms with Crippen LogP contribution in [0.2, 0.25) is 5.02 Å². The molecule has 1 aromatic carbocycles. The Morgan fingerprint density at radius 2 is 2.20 bits per heavy atom. The van der Waals surface area contributed by atoms with Crippen LogP contribution < -0.4 is 10.5 Å². The first-order valence-corrected chi connectivity index (χ1v) is 7.14. The second kappa shape index (κ2) is 5.02. The van der Waals surface area contributed by atoms with Crippen molar-refractivity contribution in [2.45, 2.75) is 32.2 Å². The highest BCUT2D eigenvalue weighted by Crippen LogP contribution is 2.34. The highest BCUT2D eigenvalue weighted by atomic mass is 35.5. The van der Waals surface area contributed by atoms with Gasteiger partial charge in [-0.05, 0) is 49.4 Å². The van der Waals surface area contributed by atoms with Gasteiger partial charge >= 0.3 is 0 Å². The van der Waals surface area contributed by atoms with E-state index in [0.29, 0.717) is 10.8 Å². The number of hydrogen-bond acceptors (Lipinski definition) is 3. The average molecular weight is 292 g/mol. The largest absolute Gasteiger partial charge is 0.497 e. The Morgan fingerprint density at radius 3 is 2.85 bits per heavy atom. The van der Waals surface area contributed by atoms with Crippen molar-refractivity contribution >= 4 is 17.4 Å². The number of nitrogens with zero attached hydrogens (tertiary/aromatic N) is 2. The number of anilines is 1. The Balaban J connectivity index is 1.93. The lowest BCUT2D eigenvalue weighted by molar-refractivity contribution is 0.398. The summed E-state index contributed by atoms with van der Waals surface area (Å²) in [5, 5.41) is 5.05. The zero-order valence-corrected chi connectivity index (χ0v) is 12.4. The van der Waals surface area contributed by atoms with E-state index < -0.39 is 0 Å². The van der Waals surface area contributed by atoms with Crippen LogP contribution in [0.15, 0.2) is 18.2 Å². The van der Waals surface area contributed by atoms with Gasteiger partial charge in [-0.1, -0.05) is 17.7 Å². The number of methoxy groups -OCH3 is 1. The fourth-order valence-corrected chi connectivity index (χ4v) is 3.00. The van der Waals surface area contributed by atoms with Gasteiger partial charge in [0.05, 0.1) is 18.8 Å². The van der Waals surface area contributed by atoms with E-state index in [2.05, 4.69) is 17.2 Å². The van der Waals surface area contributed by atoms with Gasteiger partial charge in [0.25, 0.3) is 0 Å². The average Bonchev–Trinajstić information content (AvgIpc) is 2.73. The van der Waals surface area contributed by atoms with Crippen molar-refractivity contribution < 1.29 is 4.74 Å². The minimum atomic E-state index is 0.265. The summed E-state index contributed by atoms with van der Waals surface area (Å²) in [6, 6.07) is 6.54. The first-order valence-electron chi connectivity index (χ1n) is 6.76. The summed E-state index contributed by atoms with van der Waals surface area (Å²) < 4.78 is 7.18. The number of nitrogen functional groups attached to an aromatic ring is 1. The molecule has 4 nitrogen and oxygen atoms in total. The van der Waals surface area contributed by atoms with Crippen molar-refractivity contribution in [2.24, 2.45) is 0 Å². The standard InChI is InChI=1S/C15H18ClN3O/c1-9-14(16)15(17)19(18-9)12-5-3-10-4-6-13(20-2)8-11(10)7-12/h4,6,8,12H,3,5,7,17H2,1-2H3. The molecule has 1 atom stereocenters. The van der Waals surface area contributed by atoms with Crippen LogP contribution in [0, 0.1) is 6.92 Å². The van der Waals surface area contributed by atoms with Gasteiger partial charge in [0, 0.05) is 0 Å². The van der Waals surface area contributed by atoms with Gasteiger partial charge in [0.15, 0.2) is 0 Å². The van der Waals surface area contributed by atoms with E-state index >= 15 is 0 Å². The van der Waals surface area contributed by atoms with Gasteiger partial charge in [0.2, 0.25) is 0 Å². The molecular formula is C15H18ClN3O. The predicted molar refractivity (Wildman–Crippen MR) is 80.4 cm³/mol. The minimum Gasteiger partial charge on any atom is -0.497 e. The third-order valence-electron chi connectivity index (χ3n) is 4.01. The molecule has 0 bridgehead atoms. The summed E-state index contributed by atoms with van der Waals surface area (Å²) in [5.41, 5.74) is 9.54. The molecule has 0 aliphatic heterocycles. The van der Waals surface area contributed by atoms with Crippen molar-refractivity contribution in [3.8, 4) is 5.75 Å². The molecule has 1 aliphatic rings. The van der Waals surface area contributed by atoms with Gasteiger partial charge in [-0.15, -0.1) is 0 Å². The van der Waals surface area contributed by atoms with Crippen LogP contribution in [0.1, 0.15) is 29.3 Å². The van der Waals surface area contributed by atoms with E-state index in [1.807, 2.05) is 17.7 Å². The minimum absolute atomic E-state index is 0.265. The van der Waals surface area contributed by atoms with E-state index in [9.17, 15) is 0 Å². The maximum atomic E-state index is 6.14. The van der Waals surface area contributed by atoms with Crippen LogP contribution in [0.5, 0.6) is 5.75 Å². The van der Waals surface area contributed by atoms with Crippen LogP contribution in [0.25, 0.3) is 0 Å². The lowest BCUT2D eigenvalue weighted by atomic mass is 9.88. The molecule has 0 fully saturated rings. The van der Waals surface area contributed by atoms with E-state index in [1.54, 1.807) is 7.11 Å². The Labute approximate surface area is 123 Å². The zero-order chi connectivity index (χ0) is 14.3. The highest BCUT2D eigenvalue weighted by molar-refractivity contribution is 6.33. The highest BCUT2D eigenvalue weighted by Gasteiger charge is 2.24. The molecule has 1 aliphatic carbocycles. The van der Waals surface area contributed by atoms with Crippen LogP contribution in [0.4, 0.5) is 5.82 Å². The zero-order valence-electron chi connectivity index (χ0n) is 11.7. The molecule has 2 aromatic rings. The Morgan fingerprint density at radius 1 is 1.40 bits per heavy atom. The normalized spacial score (nSPS) is 17.9. The summed E-state index contributed by atoms with van der Waals surface area (Å²) >= 11 is 6.14. The third-order valence-corrected chi connectivity index (χ3v) is 4.48. The fraction of sp³-hybridized carbons (Fsp3) is 0.400. The van der Waals surface area contributed by atoms with Crippen molar-refractivity contribution in [1.82, 2.24) is 9.78 Å². The van der Waals surface area contributed by atoms with Crippen molar-refractivity contribution in [1.29, 1.82) is 0 Å². The Bertz CT molecular complexity index is 651. The first-order chi connectivity index (χ1) is 9.60. The number of benzene rings is 1. The summed E-state index contributed by atoms with van der Waals surface area (Å²) in [6.45, 7) is 1.88. The van der Waals surface area contributed by atoms with Crippen LogP contribution in [-0.4, -0.2) is 16.9 Å². The SMILES string of the molecule is COc1ccc2c(c1)CC(n1nc(C)c(Cl)c1N)CC2. The van der Waals surface area contributed by atoms with Crippen molar-refractivity contribution in [3.05, 3.63) is 40.0 Å². The molecule has 1 unspecified atom stereocenters. The quantitative estimate of drug-likeness (QED) is 0.924. The third kappa shape index (κ3) is 2.14. The number of hydrogen-bond donors (Lipinski definition) is 1. The molecule has 2 N–H and O–H groups in total. The number of nitrogens with two attached hydrogens (primary N) is 1. The lowest BCUT2D eigenvalue weighted by Gasteiger charge is -2.26. The van der Waals surface area contributed by atoms with Crippen LogP contribution >= 0.6 is 11.6 Å². The molecule has 106 valence electrons. The van der Waals surface area contributed by atoms with E-state index in [0.717, 1.165) is 30.7 Å². The smallest absolute Gasteiger partial charge is 0.141 e. The maximum Gasteiger partial charge on any atom is 0.141 e. The number of aryl methyl sites for hydroxylation is 2. The van der Waals surface area contributed by atoms with Gasteiger partial charge in [-0.3, -0.25) is 0 Å². The van der Waals surface area contributed by atoms with Crippen molar-refractivity contribution in [2.75, 3.05) is 12.8 Å². The van der Waals surface area contributed by atoms with E-state index in [4.69, 9.17) is 22.1 Å². The number of ether oxygens (including phenoxy) is 1. The topological polar surface area (TPSA) is 53.1 Å². The molecule has 1 heterocycles. The van der Waals surface area contributed by atoms with E-state index in [-0.39, 0.29) is 6.04 Å². The number of fused-ring (bicyclic) bond motifs is 1. The molecule has 0 saturated carbocycles. The predicted octanol–water partition coefficient (Wildman–Crippen LogP) is 3.17. The Hall–Kier alpha value is -1.68. The molecule has 0 spiro atoms. The molecule has 5 heteroatoms. The lowest BCUT2D eigenvalue weighted by Crippen LogP contribution is -2.21. The van der Waals surface area contributed by atoms with Crippen LogP contribution in [-0.2, 0) is 12.8 Å². The maximum absolute atomic E-state index is 6.14. The second-order valence-electron chi connectivity index (χ2n) is 5.26. The van der Waals surface area contributed by atoms with E-state index in [1.165, 1.54) is 11.1 Å². The number of aromatic nitrogens is 2. The molecule has 20 heavy (non-hydrogen) atoms. The molecular weight excluding hydrogens is 274 g/mol. The summed E-state index contributed by atoms with van der Waals surface area (Å²) in [5.74, 6) is 1.47. The molecule has 1 aromatic heterocycles. The first kappa shape index (κ1) is 13.3. The summed E-state index contributed by atoms with van der Waals surface area (Å²) in [6.07, 6.45) is 2.97. The fourth-order valence-electron chi connectivity index (χ4n) is 2.87. The van der Waals surface area contributed by atoms with Gasteiger partial charge in [0.1, 0.15) is 16.6 Å². The molecule has 0 saturated heterocycles. The number of halogens is 1. The monoisotopic (exact) mass is 291 g/mol. The summed E-state index contributed by atoms with van der Waals surface area (Å²) in [7, 11) is 1.69. The molecule has 3 rings (SSSR count). The van der Waals surface area contributed by atoms with Gasteiger partial charge < -0.3 is 10.5 Å².